The number of hydrogen-bond acceptors (Lipinski definition) is 10. The van der Waals surface area contributed by atoms with Crippen molar-refractivity contribution in [3.63, 3.8) is 0 Å². The zero-order valence-electron chi connectivity index (χ0n) is 37.2. The minimum atomic E-state index is -5.22. The van der Waals surface area contributed by atoms with Gasteiger partial charge >= 0.3 is 12.4 Å². The van der Waals surface area contributed by atoms with Gasteiger partial charge in [-0.2, -0.15) is 45.3 Å². The van der Waals surface area contributed by atoms with Crippen molar-refractivity contribution in [2.75, 3.05) is 23.7 Å². The summed E-state index contributed by atoms with van der Waals surface area (Å²) >= 11 is 6.59. The van der Waals surface area contributed by atoms with Crippen LogP contribution >= 0.6 is 11.6 Å². The summed E-state index contributed by atoms with van der Waals surface area (Å²) in [5.74, 6) is -6.85. The van der Waals surface area contributed by atoms with Crippen LogP contribution in [-0.4, -0.2) is 94.7 Å². The number of thiol groups is 1. The Morgan fingerprint density at radius 1 is 1.00 bits per heavy atom. The van der Waals surface area contributed by atoms with Crippen LogP contribution < -0.4 is 14.9 Å². The summed E-state index contributed by atoms with van der Waals surface area (Å²) in [4.78, 5) is 31.5. The second-order valence-corrected chi connectivity index (χ2v) is 21.4. The van der Waals surface area contributed by atoms with Gasteiger partial charge in [0.2, 0.25) is 22.7 Å². The van der Waals surface area contributed by atoms with E-state index in [0.717, 1.165) is 42.7 Å². The highest BCUT2D eigenvalue weighted by atomic mass is 35.5. The first kappa shape index (κ1) is 52.8. The lowest BCUT2D eigenvalue weighted by Gasteiger charge is -2.23. The van der Waals surface area contributed by atoms with Crippen LogP contribution in [-0.2, 0) is 61.9 Å². The zero-order chi connectivity index (χ0) is 52.5. The number of hydrogen-bond donors (Lipinski definition) is 4. The van der Waals surface area contributed by atoms with Crippen LogP contribution in [0.1, 0.15) is 73.1 Å². The molecule has 1 saturated carbocycles. The number of sulfone groups is 1. The molecule has 2 unspecified atom stereocenters. The Labute approximate surface area is 403 Å². The summed E-state index contributed by atoms with van der Waals surface area (Å²) in [5.41, 5.74) is -5.73. The quantitative estimate of drug-likeness (QED) is 0.0539. The predicted molar refractivity (Wildman–Crippen MR) is 235 cm³/mol. The molecule has 7 rings (SSSR count). The van der Waals surface area contributed by atoms with Crippen LogP contribution in [0.25, 0.3) is 22.0 Å². The molecule has 0 radical (unpaired) electrons. The fourth-order valence-electron chi connectivity index (χ4n) is 8.10. The largest absolute Gasteiger partial charge is 0.435 e. The van der Waals surface area contributed by atoms with E-state index in [1.165, 1.54) is 20.8 Å². The fourth-order valence-corrected chi connectivity index (χ4v) is 9.11. The number of aromatic nitrogens is 5. The van der Waals surface area contributed by atoms with Crippen molar-refractivity contribution in [1.82, 2.24) is 35.2 Å². The first-order valence-electron chi connectivity index (χ1n) is 20.9. The summed E-state index contributed by atoms with van der Waals surface area (Å²) in [7, 11) is -7.79. The lowest BCUT2D eigenvalue weighted by molar-refractivity contribution is -0.143. The SMILES string of the molecule is CC(O)CNC(=O)CN(c1nn(CC(F)(F)F)c2c(-c3ccc(C#CC(C)(C)S(C)(=O)=O)nc3C(Cc3cc(F)cc(F)c3)NC(=O)Cn3nc(C(F)(F)F)c4c3C(F)(F)[C@@H]3C[C@H]43)ccc(Cl)c12)[SH](=O)=O. The summed E-state index contributed by atoms with van der Waals surface area (Å²) in [6, 6.07) is 4.86. The lowest BCUT2D eigenvalue weighted by Crippen LogP contribution is -2.39. The van der Waals surface area contributed by atoms with Crippen molar-refractivity contribution in [2.45, 2.75) is 87.8 Å². The van der Waals surface area contributed by atoms with Gasteiger partial charge in [0.15, 0.2) is 21.3 Å². The second kappa shape index (κ2) is 18.9. The number of carbonyl (C=O) groups is 2. The van der Waals surface area contributed by atoms with Crippen LogP contribution in [0.4, 0.5) is 49.7 Å². The molecule has 15 nitrogen and oxygen atoms in total. The molecule has 0 spiro atoms. The number of aliphatic hydroxyl groups excluding tert-OH is 1. The fraction of sp³-hybridized carbons (Fsp3) is 0.419. The molecule has 4 atom stereocenters. The molecule has 28 heteroatoms. The van der Waals surface area contributed by atoms with Crippen LogP contribution in [0, 0.1) is 29.4 Å². The van der Waals surface area contributed by atoms with Crippen molar-refractivity contribution >= 4 is 60.9 Å². The van der Waals surface area contributed by atoms with E-state index < -0.39 is 162 Å². The van der Waals surface area contributed by atoms with E-state index in [2.05, 4.69) is 37.7 Å². The Bertz CT molecular complexity index is 3210. The lowest BCUT2D eigenvalue weighted by atomic mass is 9.93. The van der Waals surface area contributed by atoms with Gasteiger partial charge in [-0.15, -0.1) is 0 Å². The van der Waals surface area contributed by atoms with Gasteiger partial charge in [-0.25, -0.2) is 34.9 Å². The number of alkyl halides is 8. The number of amides is 2. The molecule has 3 N–H and O–H groups in total. The van der Waals surface area contributed by atoms with E-state index in [-0.39, 0.29) is 40.0 Å². The molecular formula is C43H39ClF10N8O7S2. The number of nitrogens with one attached hydrogen (secondary N) is 2. The normalized spacial score (nSPS) is 17.3. The Morgan fingerprint density at radius 2 is 1.65 bits per heavy atom. The molecule has 1 fully saturated rings. The van der Waals surface area contributed by atoms with E-state index in [4.69, 9.17) is 11.6 Å². The molecule has 0 aliphatic heterocycles. The van der Waals surface area contributed by atoms with Crippen molar-refractivity contribution in [2.24, 2.45) is 5.92 Å². The van der Waals surface area contributed by atoms with Gasteiger partial charge in [0, 0.05) is 41.5 Å². The van der Waals surface area contributed by atoms with Crippen molar-refractivity contribution in [3.8, 4) is 23.0 Å². The summed E-state index contributed by atoms with van der Waals surface area (Å²) in [5, 5.41) is 20.7. The Morgan fingerprint density at radius 3 is 2.24 bits per heavy atom. The maximum absolute atomic E-state index is 15.6. The van der Waals surface area contributed by atoms with Crippen molar-refractivity contribution in [1.29, 1.82) is 0 Å². The topological polar surface area (TPSA) is 198 Å². The van der Waals surface area contributed by atoms with Crippen LogP contribution in [0.15, 0.2) is 42.5 Å². The minimum Gasteiger partial charge on any atom is -0.392 e. The number of anilines is 1. The molecule has 3 heterocycles. The highest BCUT2D eigenvalue weighted by molar-refractivity contribution is 7.92. The molecule has 3 aromatic heterocycles. The second-order valence-electron chi connectivity index (χ2n) is 17.5. The number of carbonyl (C=O) groups excluding carboxylic acids is 2. The molecule has 2 aromatic carbocycles. The zero-order valence-corrected chi connectivity index (χ0v) is 39.7. The monoisotopic (exact) mass is 1070 g/mol. The van der Waals surface area contributed by atoms with Gasteiger partial charge in [-0.3, -0.25) is 19.0 Å². The molecule has 5 aromatic rings. The van der Waals surface area contributed by atoms with Gasteiger partial charge in [0.1, 0.15) is 47.4 Å². The van der Waals surface area contributed by atoms with Crippen LogP contribution in [0.5, 0.6) is 0 Å². The molecule has 71 heavy (non-hydrogen) atoms. The van der Waals surface area contributed by atoms with Crippen LogP contribution in [0.3, 0.4) is 0 Å². The highest BCUT2D eigenvalue weighted by Gasteiger charge is 2.68. The Balaban J connectivity index is 1.46. The summed E-state index contributed by atoms with van der Waals surface area (Å²) < 4.78 is 196. The maximum atomic E-state index is 15.6. The predicted octanol–water partition coefficient (Wildman–Crippen LogP) is 6.12. The number of benzene rings is 2. The average Bonchev–Trinajstić information content (AvgIpc) is 3.74. The molecule has 2 amide bonds. The maximum Gasteiger partial charge on any atom is 0.435 e. The summed E-state index contributed by atoms with van der Waals surface area (Å²) in [6.07, 6.45) is -11.5. The van der Waals surface area contributed by atoms with E-state index in [1.807, 2.05) is 0 Å². The van der Waals surface area contributed by atoms with Crippen molar-refractivity contribution in [3.05, 3.63) is 93.0 Å². The van der Waals surface area contributed by atoms with Gasteiger partial charge in [0.05, 0.1) is 33.8 Å². The number of pyridine rings is 1. The smallest absolute Gasteiger partial charge is 0.392 e. The Hall–Kier alpha value is -5.98. The summed E-state index contributed by atoms with van der Waals surface area (Å²) in [6.45, 7) is -0.895. The third kappa shape index (κ3) is 11.1. The molecule has 2 aliphatic carbocycles. The first-order valence-corrected chi connectivity index (χ1v) is 24.3. The molecular weight excluding hydrogens is 1030 g/mol. The molecule has 0 bridgehead atoms. The number of fused-ring (bicyclic) bond motifs is 4. The van der Waals surface area contributed by atoms with Gasteiger partial charge in [-0.05, 0) is 81.3 Å². The first-order chi connectivity index (χ1) is 32.8. The van der Waals surface area contributed by atoms with E-state index >= 15 is 8.78 Å². The number of nitrogens with zero attached hydrogens (tertiary/aromatic N) is 6. The van der Waals surface area contributed by atoms with E-state index in [0.29, 0.717) is 15.1 Å². The van der Waals surface area contributed by atoms with E-state index in [9.17, 15) is 66.7 Å². The third-order valence-corrected chi connectivity index (χ3v) is 14.6. The standard InChI is InChI=1S/C43H39ClF10N8O7S2/c1-20(63)16-55-31(64)18-62(70(66)67)39-34-29(44)8-7-26(36(34)61(59-39)19-41(47,48)49)25-6-5-24(9-10-40(2,3)71(4,68)69)56-35(25)30(13-21-11-22(45)14-23(46)12-21)57-32(65)17-60-38-33(37(58-60)43(52,53)54)27-15-28(27)42(38,50)51/h5-8,11-12,14,20,27-28,30,63,70H,13,15-19H2,1-4H3,(H,55,64)(H,57,65)/t20?,27-,28+,30?/m0/s1. The van der Waals surface area contributed by atoms with Gasteiger partial charge in [-0.1, -0.05) is 23.6 Å². The molecule has 2 aliphatic rings. The van der Waals surface area contributed by atoms with Crippen LogP contribution in [0.2, 0.25) is 5.02 Å². The highest BCUT2D eigenvalue weighted by Crippen LogP contribution is 2.68. The molecule has 0 saturated heterocycles. The number of aliphatic hydroxyl groups is 1. The van der Waals surface area contributed by atoms with Gasteiger partial charge < -0.3 is 15.7 Å². The average molecular weight is 1070 g/mol. The number of rotatable bonds is 15. The van der Waals surface area contributed by atoms with Gasteiger partial charge in [0.25, 0.3) is 5.92 Å². The van der Waals surface area contributed by atoms with E-state index in [1.54, 1.807) is 0 Å². The van der Waals surface area contributed by atoms with Crippen molar-refractivity contribution < 1.29 is 75.4 Å². The Kier molecular flexibility index (Phi) is 14.1. The minimum absolute atomic E-state index is 0.194. The number of halogens is 11. The molecule has 382 valence electrons. The third-order valence-electron chi connectivity index (χ3n) is 11.6.